The van der Waals surface area contributed by atoms with Crippen LogP contribution in [0.2, 0.25) is 0 Å². The van der Waals surface area contributed by atoms with Gasteiger partial charge in [0, 0.05) is 33.2 Å². The Balaban J connectivity index is 1.43. The first-order valence-corrected chi connectivity index (χ1v) is 12.5. The second-order valence-corrected chi connectivity index (χ2v) is 10.7. The van der Waals surface area contributed by atoms with Gasteiger partial charge in [0.2, 0.25) is 0 Å². The number of hydrogen-bond donors (Lipinski definition) is 1. The molecule has 10 heteroatoms. The maximum absolute atomic E-state index is 12.6. The fourth-order valence-corrected chi connectivity index (χ4v) is 5.81. The summed E-state index contributed by atoms with van der Waals surface area (Å²) in [5.41, 5.74) is 0.513. The molecule has 0 bridgehead atoms. The number of ether oxygens (including phenoxy) is 2. The molecular weight excluding hydrogens is 438 g/mol. The van der Waals surface area contributed by atoms with Crippen LogP contribution in [0.3, 0.4) is 0 Å². The van der Waals surface area contributed by atoms with Crippen molar-refractivity contribution in [1.29, 1.82) is 0 Å². The van der Waals surface area contributed by atoms with Crippen LogP contribution >= 0.6 is 11.3 Å². The summed E-state index contributed by atoms with van der Waals surface area (Å²) in [6.45, 7) is 7.04. The van der Waals surface area contributed by atoms with E-state index in [1.54, 1.807) is 41.8 Å². The first-order valence-electron chi connectivity index (χ1n) is 10.2. The van der Waals surface area contributed by atoms with Gasteiger partial charge in [0.15, 0.2) is 6.61 Å². The largest absolute Gasteiger partial charge is 0.484 e. The Kier molecular flexibility index (Phi) is 7.93. The van der Waals surface area contributed by atoms with Crippen LogP contribution in [0.15, 0.2) is 46.0 Å². The van der Waals surface area contributed by atoms with Crippen molar-refractivity contribution in [3.05, 3.63) is 41.8 Å². The number of anilines is 1. The first-order chi connectivity index (χ1) is 14.8. The minimum Gasteiger partial charge on any atom is -0.484 e. The SMILES string of the molecule is CC1CN(CCNC(=O)COc2ccc(N(C)S(=O)(=O)c3cccs3)cc2)CC(C)O1. The highest BCUT2D eigenvalue weighted by Gasteiger charge is 2.23. The smallest absolute Gasteiger partial charge is 0.273 e. The lowest BCUT2D eigenvalue weighted by Crippen LogP contribution is -2.48. The van der Waals surface area contributed by atoms with Crippen LogP contribution in [0, 0.1) is 0 Å². The van der Waals surface area contributed by atoms with Crippen LogP contribution in [0.1, 0.15) is 13.8 Å². The lowest BCUT2D eigenvalue weighted by atomic mass is 10.2. The molecule has 1 N–H and O–H groups in total. The fourth-order valence-electron chi connectivity index (χ4n) is 3.46. The highest BCUT2D eigenvalue weighted by atomic mass is 32.2. The number of carbonyl (C=O) groups is 1. The van der Waals surface area contributed by atoms with Gasteiger partial charge < -0.3 is 14.8 Å². The number of benzene rings is 1. The molecule has 2 atom stereocenters. The number of sulfonamides is 1. The van der Waals surface area contributed by atoms with Gasteiger partial charge in [0.1, 0.15) is 9.96 Å². The zero-order chi connectivity index (χ0) is 22.4. The van der Waals surface area contributed by atoms with Gasteiger partial charge in [0.05, 0.1) is 17.9 Å². The minimum absolute atomic E-state index is 0.0986. The molecule has 0 radical (unpaired) electrons. The quantitative estimate of drug-likeness (QED) is 0.608. The minimum atomic E-state index is -3.58. The summed E-state index contributed by atoms with van der Waals surface area (Å²) < 4.78 is 37.9. The molecule has 170 valence electrons. The lowest BCUT2D eigenvalue weighted by molar-refractivity contribution is -0.123. The molecule has 1 aromatic carbocycles. The monoisotopic (exact) mass is 467 g/mol. The molecule has 1 aliphatic heterocycles. The van der Waals surface area contributed by atoms with Gasteiger partial charge in [-0.3, -0.25) is 14.0 Å². The Hall–Kier alpha value is -2.14. The first kappa shape index (κ1) is 23.5. The van der Waals surface area contributed by atoms with Crippen LogP contribution in [0.25, 0.3) is 0 Å². The van der Waals surface area contributed by atoms with E-state index in [0.29, 0.717) is 18.0 Å². The van der Waals surface area contributed by atoms with E-state index in [0.717, 1.165) is 19.6 Å². The molecule has 2 aromatic rings. The third-order valence-corrected chi connectivity index (χ3v) is 8.08. The molecule has 0 saturated carbocycles. The van der Waals surface area contributed by atoms with Crippen molar-refractivity contribution in [2.24, 2.45) is 0 Å². The van der Waals surface area contributed by atoms with Crippen LogP contribution in [-0.2, 0) is 19.6 Å². The summed E-state index contributed by atoms with van der Waals surface area (Å²) in [5, 5.41) is 4.59. The van der Waals surface area contributed by atoms with Crippen LogP contribution < -0.4 is 14.4 Å². The molecular formula is C21H29N3O5S2. The van der Waals surface area contributed by atoms with E-state index in [2.05, 4.69) is 24.1 Å². The molecule has 8 nitrogen and oxygen atoms in total. The molecule has 31 heavy (non-hydrogen) atoms. The number of thiophene rings is 1. The van der Waals surface area contributed by atoms with E-state index in [1.165, 1.54) is 22.7 Å². The normalized spacial score (nSPS) is 19.7. The number of morpholine rings is 1. The molecule has 0 aliphatic carbocycles. The summed E-state index contributed by atoms with van der Waals surface area (Å²) in [4.78, 5) is 14.3. The van der Waals surface area contributed by atoms with E-state index in [1.807, 2.05) is 0 Å². The van der Waals surface area contributed by atoms with Gasteiger partial charge in [-0.15, -0.1) is 11.3 Å². The Morgan fingerprint density at radius 1 is 1.23 bits per heavy atom. The molecule has 1 aromatic heterocycles. The van der Waals surface area contributed by atoms with Crippen molar-refractivity contribution < 1.29 is 22.7 Å². The number of nitrogens with one attached hydrogen (secondary N) is 1. The summed E-state index contributed by atoms with van der Waals surface area (Å²) in [5.74, 6) is 0.299. The molecule has 0 spiro atoms. The maximum Gasteiger partial charge on any atom is 0.273 e. The number of hydrogen-bond acceptors (Lipinski definition) is 7. The van der Waals surface area contributed by atoms with Crippen LogP contribution in [0.5, 0.6) is 5.75 Å². The third-order valence-electron chi connectivity index (χ3n) is 4.93. The van der Waals surface area contributed by atoms with Gasteiger partial charge in [-0.25, -0.2) is 8.42 Å². The summed E-state index contributed by atoms with van der Waals surface area (Å²) in [7, 11) is -2.07. The molecule has 3 rings (SSSR count). The summed E-state index contributed by atoms with van der Waals surface area (Å²) in [6, 6.07) is 9.89. The third kappa shape index (κ3) is 6.42. The van der Waals surface area contributed by atoms with E-state index >= 15 is 0 Å². The summed E-state index contributed by atoms with van der Waals surface area (Å²) in [6.07, 6.45) is 0.398. The van der Waals surface area contributed by atoms with Crippen LogP contribution in [0.4, 0.5) is 5.69 Å². The predicted molar refractivity (Wildman–Crippen MR) is 121 cm³/mol. The molecule has 2 heterocycles. The number of carbonyl (C=O) groups excluding carboxylic acids is 1. The zero-order valence-corrected chi connectivity index (χ0v) is 19.6. The van der Waals surface area contributed by atoms with Gasteiger partial charge in [-0.2, -0.15) is 0 Å². The van der Waals surface area contributed by atoms with Crippen molar-refractivity contribution in [1.82, 2.24) is 10.2 Å². The van der Waals surface area contributed by atoms with E-state index in [4.69, 9.17) is 9.47 Å². The van der Waals surface area contributed by atoms with Crippen molar-refractivity contribution in [3.8, 4) is 5.75 Å². The highest BCUT2D eigenvalue weighted by molar-refractivity contribution is 7.94. The van der Waals surface area contributed by atoms with Gasteiger partial charge in [-0.05, 0) is 49.6 Å². The van der Waals surface area contributed by atoms with Crippen molar-refractivity contribution in [2.45, 2.75) is 30.3 Å². The van der Waals surface area contributed by atoms with Crippen molar-refractivity contribution >= 4 is 33.0 Å². The Bertz CT molecular complexity index is 938. The standard InChI is InChI=1S/C21H29N3O5S2/c1-16-13-24(14-17(2)29-16)11-10-22-20(25)15-28-19-8-6-18(7-9-19)23(3)31(26,27)21-5-4-12-30-21/h4-9,12,16-17H,10-11,13-15H2,1-3H3,(H,22,25). The van der Waals surface area contributed by atoms with Crippen molar-refractivity contribution in [2.75, 3.05) is 44.1 Å². The zero-order valence-electron chi connectivity index (χ0n) is 18.0. The lowest BCUT2D eigenvalue weighted by Gasteiger charge is -2.35. The topological polar surface area (TPSA) is 88.2 Å². The van der Waals surface area contributed by atoms with Gasteiger partial charge in [0.25, 0.3) is 15.9 Å². The highest BCUT2D eigenvalue weighted by Crippen LogP contribution is 2.26. The number of nitrogens with zero attached hydrogens (tertiary/aromatic N) is 2. The Labute approximate surface area is 187 Å². The van der Waals surface area contributed by atoms with Gasteiger partial charge in [-0.1, -0.05) is 6.07 Å². The van der Waals surface area contributed by atoms with E-state index in [-0.39, 0.29) is 28.9 Å². The molecule has 1 aliphatic rings. The van der Waals surface area contributed by atoms with Crippen LogP contribution in [-0.4, -0.2) is 71.3 Å². The van der Waals surface area contributed by atoms with E-state index in [9.17, 15) is 13.2 Å². The molecule has 1 fully saturated rings. The Morgan fingerprint density at radius 2 is 1.90 bits per heavy atom. The molecule has 2 unspecified atom stereocenters. The molecule has 1 saturated heterocycles. The Morgan fingerprint density at radius 3 is 2.52 bits per heavy atom. The van der Waals surface area contributed by atoms with Gasteiger partial charge >= 0.3 is 0 Å². The second kappa shape index (κ2) is 10.4. The number of amides is 1. The summed E-state index contributed by atoms with van der Waals surface area (Å²) >= 11 is 1.17. The van der Waals surface area contributed by atoms with Crippen molar-refractivity contribution in [3.63, 3.8) is 0 Å². The van der Waals surface area contributed by atoms with E-state index < -0.39 is 10.0 Å². The predicted octanol–water partition coefficient (Wildman–Crippen LogP) is 2.18. The second-order valence-electron chi connectivity index (χ2n) is 7.55. The molecule has 1 amide bonds. The average Bonchev–Trinajstić information content (AvgIpc) is 3.27. The maximum atomic E-state index is 12.6. The number of rotatable bonds is 9. The average molecular weight is 468 g/mol. The fraction of sp³-hybridized carbons (Fsp3) is 0.476.